The summed E-state index contributed by atoms with van der Waals surface area (Å²) in [6.07, 6.45) is 7.30. The SMILES string of the molecule is N=C(N)c1ccc(OCCCCNC(N)=NCCCCCCCN=C(N)N)cc1. The number of hydrogen-bond acceptors (Lipinski definition) is 4. The topological polar surface area (TPSA) is 174 Å². The molecule has 1 rings (SSSR count). The predicted octanol–water partition coefficient (Wildman–Crippen LogP) is 1.26. The Balaban J connectivity index is 1.97. The van der Waals surface area contributed by atoms with E-state index in [9.17, 15) is 0 Å². The summed E-state index contributed by atoms with van der Waals surface area (Å²) in [6.45, 7) is 2.84. The Morgan fingerprint density at radius 3 is 2.07 bits per heavy atom. The Hall–Kier alpha value is -2.97. The summed E-state index contributed by atoms with van der Waals surface area (Å²) in [5, 5.41) is 10.5. The lowest BCUT2D eigenvalue weighted by Crippen LogP contribution is -2.32. The van der Waals surface area contributed by atoms with Crippen LogP contribution in [-0.2, 0) is 0 Å². The van der Waals surface area contributed by atoms with Gasteiger partial charge in [-0.05, 0) is 49.9 Å². The summed E-state index contributed by atoms with van der Waals surface area (Å²) in [5.41, 5.74) is 22.5. The van der Waals surface area contributed by atoms with Crippen LogP contribution in [0.3, 0.4) is 0 Å². The molecule has 0 saturated carbocycles. The highest BCUT2D eigenvalue weighted by Crippen LogP contribution is 2.12. The number of ether oxygens (including phenoxy) is 1. The number of rotatable bonds is 15. The van der Waals surface area contributed by atoms with Gasteiger partial charge in [0.25, 0.3) is 0 Å². The predicted molar refractivity (Wildman–Crippen MR) is 120 cm³/mol. The molecule has 0 aliphatic rings. The van der Waals surface area contributed by atoms with Crippen molar-refractivity contribution in [3.63, 3.8) is 0 Å². The number of nitrogen functional groups attached to an aromatic ring is 1. The average molecular weight is 405 g/mol. The first kappa shape index (κ1) is 24.1. The largest absolute Gasteiger partial charge is 0.494 e. The molecule has 0 aliphatic heterocycles. The molecule has 1 aromatic carbocycles. The van der Waals surface area contributed by atoms with Gasteiger partial charge in [-0.2, -0.15) is 0 Å². The van der Waals surface area contributed by atoms with E-state index in [0.717, 1.165) is 63.8 Å². The smallest absolute Gasteiger partial charge is 0.188 e. The molecule has 9 nitrogen and oxygen atoms in total. The number of benzene rings is 1. The summed E-state index contributed by atoms with van der Waals surface area (Å²) in [4.78, 5) is 8.30. The third-order valence-electron chi connectivity index (χ3n) is 4.20. The van der Waals surface area contributed by atoms with Crippen molar-refractivity contribution in [1.29, 1.82) is 5.41 Å². The van der Waals surface area contributed by atoms with E-state index in [1.54, 1.807) is 12.1 Å². The zero-order valence-corrected chi connectivity index (χ0v) is 17.2. The van der Waals surface area contributed by atoms with Crippen LogP contribution < -0.4 is 33.0 Å². The first-order valence-electron chi connectivity index (χ1n) is 10.2. The van der Waals surface area contributed by atoms with E-state index in [2.05, 4.69) is 15.3 Å². The standard InChI is InChI=1S/C20H36N8O/c21-18(22)16-8-10-17(11-9-16)29-15-7-6-14-28-20(25)27-13-5-3-1-2-4-12-26-19(23)24/h8-11H,1-7,12-15H2,(H3,21,22)(H4,23,24,26)(H3,25,27,28). The number of hydrogen-bond donors (Lipinski definition) is 6. The molecule has 162 valence electrons. The van der Waals surface area contributed by atoms with Crippen LogP contribution in [0.5, 0.6) is 5.75 Å². The van der Waals surface area contributed by atoms with Gasteiger partial charge in [0.2, 0.25) is 0 Å². The molecule has 0 fully saturated rings. The van der Waals surface area contributed by atoms with E-state index in [-0.39, 0.29) is 11.8 Å². The molecule has 0 saturated heterocycles. The Bertz CT molecular complexity index is 638. The van der Waals surface area contributed by atoms with E-state index in [1.807, 2.05) is 12.1 Å². The fourth-order valence-corrected chi connectivity index (χ4v) is 2.58. The lowest BCUT2D eigenvalue weighted by Gasteiger charge is -2.08. The second-order valence-electron chi connectivity index (χ2n) is 6.76. The van der Waals surface area contributed by atoms with E-state index < -0.39 is 0 Å². The Morgan fingerprint density at radius 1 is 0.828 bits per heavy atom. The molecule has 0 aliphatic carbocycles. The highest BCUT2D eigenvalue weighted by molar-refractivity contribution is 5.94. The molecule has 0 heterocycles. The molecular weight excluding hydrogens is 368 g/mol. The van der Waals surface area contributed by atoms with Gasteiger partial charge in [-0.15, -0.1) is 0 Å². The van der Waals surface area contributed by atoms with Crippen molar-refractivity contribution >= 4 is 17.8 Å². The van der Waals surface area contributed by atoms with Crippen LogP contribution in [0.4, 0.5) is 0 Å². The van der Waals surface area contributed by atoms with Crippen molar-refractivity contribution in [3.8, 4) is 5.75 Å². The molecular formula is C20H36N8O. The van der Waals surface area contributed by atoms with Crippen LogP contribution in [0.25, 0.3) is 0 Å². The van der Waals surface area contributed by atoms with E-state index >= 15 is 0 Å². The van der Waals surface area contributed by atoms with Crippen molar-refractivity contribution < 1.29 is 4.74 Å². The Labute approximate surface area is 173 Å². The van der Waals surface area contributed by atoms with Crippen LogP contribution in [-0.4, -0.2) is 44.0 Å². The number of nitrogens with zero attached hydrogens (tertiary/aromatic N) is 2. The highest BCUT2D eigenvalue weighted by atomic mass is 16.5. The number of amidine groups is 1. The second-order valence-corrected chi connectivity index (χ2v) is 6.76. The Morgan fingerprint density at radius 2 is 1.45 bits per heavy atom. The zero-order valence-electron chi connectivity index (χ0n) is 17.2. The average Bonchev–Trinajstić information content (AvgIpc) is 2.69. The number of guanidine groups is 2. The molecule has 29 heavy (non-hydrogen) atoms. The monoisotopic (exact) mass is 404 g/mol. The number of unbranched alkanes of at least 4 members (excludes halogenated alkanes) is 5. The normalized spacial score (nSPS) is 11.1. The minimum atomic E-state index is 0.0568. The molecule has 0 spiro atoms. The maximum atomic E-state index is 7.36. The van der Waals surface area contributed by atoms with Crippen molar-refractivity contribution in [2.24, 2.45) is 32.9 Å². The van der Waals surface area contributed by atoms with Crippen LogP contribution >= 0.6 is 0 Å². The molecule has 0 atom stereocenters. The lowest BCUT2D eigenvalue weighted by molar-refractivity contribution is 0.307. The lowest BCUT2D eigenvalue weighted by atomic mass is 10.1. The van der Waals surface area contributed by atoms with Gasteiger partial charge in [0.1, 0.15) is 11.6 Å². The summed E-state index contributed by atoms with van der Waals surface area (Å²) < 4.78 is 5.67. The molecule has 9 heteroatoms. The summed E-state index contributed by atoms with van der Waals surface area (Å²) in [5.74, 6) is 1.50. The van der Waals surface area contributed by atoms with Crippen molar-refractivity contribution in [2.75, 3.05) is 26.2 Å². The Kier molecular flexibility index (Phi) is 12.5. The van der Waals surface area contributed by atoms with Gasteiger partial charge in [-0.25, -0.2) is 0 Å². The minimum absolute atomic E-state index is 0.0568. The molecule has 0 amide bonds. The van der Waals surface area contributed by atoms with Gasteiger partial charge in [-0.1, -0.05) is 19.3 Å². The number of nitrogens with one attached hydrogen (secondary N) is 2. The van der Waals surface area contributed by atoms with Crippen molar-refractivity contribution in [1.82, 2.24) is 5.32 Å². The van der Waals surface area contributed by atoms with Gasteiger partial charge < -0.3 is 33.0 Å². The first-order chi connectivity index (χ1) is 14.0. The van der Waals surface area contributed by atoms with E-state index in [0.29, 0.717) is 24.7 Å². The molecule has 0 bridgehead atoms. The van der Waals surface area contributed by atoms with Crippen molar-refractivity contribution in [3.05, 3.63) is 29.8 Å². The fraction of sp³-hybridized carbons (Fsp3) is 0.550. The molecule has 0 unspecified atom stereocenters. The fourth-order valence-electron chi connectivity index (χ4n) is 2.58. The molecule has 10 N–H and O–H groups in total. The van der Waals surface area contributed by atoms with Gasteiger partial charge >= 0.3 is 0 Å². The third kappa shape index (κ3) is 12.9. The second kappa shape index (κ2) is 15.0. The maximum Gasteiger partial charge on any atom is 0.188 e. The van der Waals surface area contributed by atoms with E-state index in [4.69, 9.17) is 33.1 Å². The van der Waals surface area contributed by atoms with Gasteiger partial charge in [0.15, 0.2) is 11.9 Å². The highest BCUT2D eigenvalue weighted by Gasteiger charge is 1.98. The van der Waals surface area contributed by atoms with Gasteiger partial charge in [0, 0.05) is 25.2 Å². The molecule has 0 radical (unpaired) electrons. The van der Waals surface area contributed by atoms with E-state index in [1.165, 1.54) is 0 Å². The minimum Gasteiger partial charge on any atom is -0.494 e. The molecule has 0 aromatic heterocycles. The zero-order chi connectivity index (χ0) is 21.3. The third-order valence-corrected chi connectivity index (χ3v) is 4.20. The van der Waals surface area contributed by atoms with Crippen LogP contribution in [0, 0.1) is 5.41 Å². The summed E-state index contributed by atoms with van der Waals surface area (Å²) in [7, 11) is 0. The van der Waals surface area contributed by atoms with Crippen molar-refractivity contribution in [2.45, 2.75) is 44.9 Å². The maximum absolute atomic E-state index is 7.36. The van der Waals surface area contributed by atoms with Crippen LogP contribution in [0.2, 0.25) is 0 Å². The van der Waals surface area contributed by atoms with Crippen LogP contribution in [0.1, 0.15) is 50.5 Å². The van der Waals surface area contributed by atoms with Gasteiger partial charge in [-0.3, -0.25) is 15.4 Å². The first-order valence-corrected chi connectivity index (χ1v) is 10.2. The summed E-state index contributed by atoms with van der Waals surface area (Å²) in [6, 6.07) is 7.21. The van der Waals surface area contributed by atoms with Crippen LogP contribution in [0.15, 0.2) is 34.3 Å². The summed E-state index contributed by atoms with van der Waals surface area (Å²) >= 11 is 0. The number of aliphatic imine (C=N–C) groups is 2. The quantitative estimate of drug-likeness (QED) is 0.146. The van der Waals surface area contributed by atoms with Gasteiger partial charge in [0.05, 0.1) is 6.61 Å². The molecule has 1 aromatic rings. The number of nitrogens with two attached hydrogens (primary N) is 4.